The number of carbonyl (C=O) groups excluding carboxylic acids is 2. The molecule has 6 nitrogen and oxygen atoms in total. The van der Waals surface area contributed by atoms with Crippen LogP contribution >= 0.6 is 0 Å². The van der Waals surface area contributed by atoms with Crippen molar-refractivity contribution in [3.63, 3.8) is 0 Å². The Kier molecular flexibility index (Phi) is 3.75. The first-order valence-corrected chi connectivity index (χ1v) is 9.87. The maximum Gasteiger partial charge on any atom is 0.416 e. The summed E-state index contributed by atoms with van der Waals surface area (Å²) in [5.41, 5.74) is 3.51. The molecule has 2 aliphatic rings. The van der Waals surface area contributed by atoms with Gasteiger partial charge in [0.2, 0.25) is 0 Å². The number of nitrogens with zero attached hydrogens (tertiary/aromatic N) is 2. The highest BCUT2D eigenvalue weighted by Crippen LogP contribution is 2.44. The van der Waals surface area contributed by atoms with E-state index < -0.39 is 17.9 Å². The fraction of sp³-hybridized carbons (Fsp3) is 0.304. The van der Waals surface area contributed by atoms with Crippen molar-refractivity contribution in [2.24, 2.45) is 0 Å². The molecule has 2 amide bonds. The standard InChI is InChI=1S/C23H23N3O3/c1-23(2,3)29-22(28)26-18-11-7-5-9-16(18)21(27)25-13-12-15-14-8-4-6-10-17(14)24-19(15)20(25)26/h4-11,20,24H,12-13H2,1-3H3. The number of hydrogen-bond donors (Lipinski definition) is 1. The van der Waals surface area contributed by atoms with Gasteiger partial charge in [-0.1, -0.05) is 30.3 Å². The van der Waals surface area contributed by atoms with Crippen LogP contribution in [0.2, 0.25) is 0 Å². The second-order valence-corrected chi connectivity index (χ2v) is 8.55. The second-order valence-electron chi connectivity index (χ2n) is 8.55. The second kappa shape index (κ2) is 6.11. The molecule has 148 valence electrons. The quantitative estimate of drug-likeness (QED) is 0.610. The molecule has 29 heavy (non-hydrogen) atoms. The molecule has 0 aliphatic carbocycles. The summed E-state index contributed by atoms with van der Waals surface area (Å²) in [6, 6.07) is 15.3. The van der Waals surface area contributed by atoms with Crippen molar-refractivity contribution in [2.75, 3.05) is 11.4 Å². The van der Waals surface area contributed by atoms with E-state index in [0.29, 0.717) is 17.8 Å². The Morgan fingerprint density at radius 3 is 2.62 bits per heavy atom. The summed E-state index contributed by atoms with van der Waals surface area (Å²) >= 11 is 0. The zero-order chi connectivity index (χ0) is 20.3. The molecule has 3 heterocycles. The van der Waals surface area contributed by atoms with E-state index in [4.69, 9.17) is 4.74 Å². The molecule has 2 aliphatic heterocycles. The Hall–Kier alpha value is -3.28. The number of aromatic amines is 1. The van der Waals surface area contributed by atoms with Crippen molar-refractivity contribution in [1.29, 1.82) is 0 Å². The molecular weight excluding hydrogens is 366 g/mol. The fourth-order valence-electron chi connectivity index (χ4n) is 4.36. The number of anilines is 1. The van der Waals surface area contributed by atoms with Crippen molar-refractivity contribution in [2.45, 2.75) is 39.0 Å². The zero-order valence-electron chi connectivity index (χ0n) is 16.7. The van der Waals surface area contributed by atoms with Gasteiger partial charge in [-0.2, -0.15) is 0 Å². The SMILES string of the molecule is CC(C)(C)OC(=O)N1c2ccccc2C(=O)N2CCc3c([nH]c4ccccc34)C21. The summed E-state index contributed by atoms with van der Waals surface area (Å²) in [6.45, 7) is 6.09. The van der Waals surface area contributed by atoms with Crippen LogP contribution in [0.1, 0.15) is 48.6 Å². The van der Waals surface area contributed by atoms with Gasteiger partial charge in [0.25, 0.3) is 5.91 Å². The first-order chi connectivity index (χ1) is 13.8. The number of ether oxygens (including phenoxy) is 1. The van der Waals surface area contributed by atoms with Crippen LogP contribution in [0.3, 0.4) is 0 Å². The van der Waals surface area contributed by atoms with Crippen molar-refractivity contribution in [3.8, 4) is 0 Å². The van der Waals surface area contributed by atoms with E-state index in [1.165, 1.54) is 0 Å². The maximum atomic E-state index is 13.3. The molecule has 1 unspecified atom stereocenters. The van der Waals surface area contributed by atoms with E-state index >= 15 is 0 Å². The normalized spacial score (nSPS) is 18.3. The van der Waals surface area contributed by atoms with E-state index in [0.717, 1.165) is 28.6 Å². The van der Waals surface area contributed by atoms with Gasteiger partial charge in [-0.3, -0.25) is 9.69 Å². The average molecular weight is 389 g/mol. The lowest BCUT2D eigenvalue weighted by Gasteiger charge is -2.46. The molecule has 0 spiro atoms. The predicted molar refractivity (Wildman–Crippen MR) is 111 cm³/mol. The minimum atomic E-state index is -0.643. The molecule has 1 N–H and O–H groups in total. The summed E-state index contributed by atoms with van der Waals surface area (Å²) in [4.78, 5) is 33.4. The summed E-state index contributed by atoms with van der Waals surface area (Å²) in [7, 11) is 0. The van der Waals surface area contributed by atoms with Gasteiger partial charge in [-0.25, -0.2) is 4.79 Å². The third-order valence-electron chi connectivity index (χ3n) is 5.49. The van der Waals surface area contributed by atoms with Crippen LogP contribution in [0.25, 0.3) is 10.9 Å². The van der Waals surface area contributed by atoms with Gasteiger partial charge in [-0.15, -0.1) is 0 Å². The van der Waals surface area contributed by atoms with Crippen LogP contribution in [0.4, 0.5) is 10.5 Å². The number of fused-ring (bicyclic) bond motifs is 6. The lowest BCUT2D eigenvalue weighted by atomic mass is 9.96. The average Bonchev–Trinajstić information content (AvgIpc) is 3.06. The van der Waals surface area contributed by atoms with Crippen LogP contribution in [0, 0.1) is 0 Å². The summed E-state index contributed by atoms with van der Waals surface area (Å²) in [5.74, 6) is -0.0604. The molecule has 1 aromatic heterocycles. The zero-order valence-corrected chi connectivity index (χ0v) is 16.7. The van der Waals surface area contributed by atoms with Gasteiger partial charge in [0, 0.05) is 17.4 Å². The Morgan fingerprint density at radius 2 is 1.83 bits per heavy atom. The number of benzene rings is 2. The minimum absolute atomic E-state index is 0.0604. The smallest absolute Gasteiger partial charge is 0.416 e. The van der Waals surface area contributed by atoms with E-state index in [1.807, 2.05) is 57.2 Å². The van der Waals surface area contributed by atoms with E-state index in [9.17, 15) is 9.59 Å². The lowest BCUT2D eigenvalue weighted by molar-refractivity contribution is 0.0441. The van der Waals surface area contributed by atoms with Crippen LogP contribution in [0.5, 0.6) is 0 Å². The number of rotatable bonds is 0. The van der Waals surface area contributed by atoms with Gasteiger partial charge in [0.15, 0.2) is 6.17 Å². The Labute approximate surface area is 169 Å². The first-order valence-electron chi connectivity index (χ1n) is 9.87. The van der Waals surface area contributed by atoms with Crippen molar-refractivity contribution in [3.05, 3.63) is 65.4 Å². The number of para-hydroxylation sites is 2. The molecule has 5 rings (SSSR count). The molecule has 0 bridgehead atoms. The van der Waals surface area contributed by atoms with E-state index in [2.05, 4.69) is 11.1 Å². The summed E-state index contributed by atoms with van der Waals surface area (Å²) in [6.07, 6.45) is -0.270. The van der Waals surface area contributed by atoms with Gasteiger partial charge in [0.1, 0.15) is 5.60 Å². The number of H-pyrrole nitrogens is 1. The molecule has 0 radical (unpaired) electrons. The summed E-state index contributed by atoms with van der Waals surface area (Å²) < 4.78 is 5.74. The molecule has 0 fully saturated rings. The molecular formula is C23H23N3O3. The number of hydrogen-bond acceptors (Lipinski definition) is 3. The van der Waals surface area contributed by atoms with Crippen LogP contribution in [-0.2, 0) is 11.2 Å². The number of amides is 2. The number of nitrogens with one attached hydrogen (secondary N) is 1. The predicted octanol–water partition coefficient (Wildman–Crippen LogP) is 4.62. The van der Waals surface area contributed by atoms with Gasteiger partial charge >= 0.3 is 6.09 Å². The third kappa shape index (κ3) is 2.70. The third-order valence-corrected chi connectivity index (χ3v) is 5.49. The summed E-state index contributed by atoms with van der Waals surface area (Å²) in [5, 5.41) is 1.14. The topological polar surface area (TPSA) is 65.6 Å². The fourth-order valence-corrected chi connectivity index (χ4v) is 4.36. The van der Waals surface area contributed by atoms with Gasteiger partial charge in [0.05, 0.1) is 16.9 Å². The van der Waals surface area contributed by atoms with Crippen molar-refractivity contribution < 1.29 is 14.3 Å². The van der Waals surface area contributed by atoms with Crippen LogP contribution < -0.4 is 4.90 Å². The molecule has 0 saturated heterocycles. The van der Waals surface area contributed by atoms with Crippen LogP contribution in [0.15, 0.2) is 48.5 Å². The highest BCUT2D eigenvalue weighted by molar-refractivity contribution is 6.07. The van der Waals surface area contributed by atoms with Gasteiger partial charge in [-0.05, 0) is 51.0 Å². The largest absolute Gasteiger partial charge is 0.443 e. The Morgan fingerprint density at radius 1 is 1.10 bits per heavy atom. The maximum absolute atomic E-state index is 13.3. The molecule has 6 heteroatoms. The van der Waals surface area contributed by atoms with E-state index in [1.54, 1.807) is 15.9 Å². The monoisotopic (exact) mass is 389 g/mol. The van der Waals surface area contributed by atoms with Crippen molar-refractivity contribution >= 4 is 28.6 Å². The Balaban J connectivity index is 1.72. The van der Waals surface area contributed by atoms with Crippen molar-refractivity contribution in [1.82, 2.24) is 9.88 Å². The van der Waals surface area contributed by atoms with Crippen LogP contribution in [-0.4, -0.2) is 34.0 Å². The molecule has 3 aromatic rings. The Bertz CT molecular complexity index is 1140. The minimum Gasteiger partial charge on any atom is -0.443 e. The van der Waals surface area contributed by atoms with Gasteiger partial charge < -0.3 is 14.6 Å². The number of carbonyl (C=O) groups is 2. The number of aromatic nitrogens is 1. The molecule has 0 saturated carbocycles. The highest BCUT2D eigenvalue weighted by atomic mass is 16.6. The molecule has 2 aromatic carbocycles. The molecule has 1 atom stereocenters. The highest BCUT2D eigenvalue weighted by Gasteiger charge is 2.46. The first kappa shape index (κ1) is 17.8. The lowest BCUT2D eigenvalue weighted by Crippen LogP contribution is -2.55. The van der Waals surface area contributed by atoms with E-state index in [-0.39, 0.29) is 5.91 Å².